The predicted molar refractivity (Wildman–Crippen MR) is 131 cm³/mol. The quantitative estimate of drug-likeness (QED) is 0.351. The van der Waals surface area contributed by atoms with E-state index in [1.807, 2.05) is 30.3 Å². The van der Waals surface area contributed by atoms with Crippen molar-refractivity contribution in [2.45, 2.75) is 20.5 Å². The lowest BCUT2D eigenvalue weighted by Gasteiger charge is -2.09. The van der Waals surface area contributed by atoms with Gasteiger partial charge in [-0.05, 0) is 43.2 Å². The van der Waals surface area contributed by atoms with Crippen molar-refractivity contribution < 1.29 is 28.6 Å². The van der Waals surface area contributed by atoms with Crippen molar-refractivity contribution in [2.24, 2.45) is 0 Å². The first kappa shape index (κ1) is 25.6. The molecule has 178 valence electrons. The van der Waals surface area contributed by atoms with Crippen molar-refractivity contribution in [1.82, 2.24) is 0 Å². The molecule has 7 nitrogen and oxygen atoms in total. The molecule has 1 aromatic heterocycles. The average Bonchev–Trinajstić information content (AvgIpc) is 3.13. The van der Waals surface area contributed by atoms with E-state index in [1.54, 1.807) is 19.9 Å². The molecule has 34 heavy (non-hydrogen) atoms. The lowest BCUT2D eigenvalue weighted by atomic mass is 10.1. The van der Waals surface area contributed by atoms with Gasteiger partial charge in [0.05, 0.1) is 17.2 Å². The van der Waals surface area contributed by atoms with Gasteiger partial charge < -0.3 is 19.5 Å². The Kier molecular flexibility index (Phi) is 8.92. The third-order valence-electron chi connectivity index (χ3n) is 4.53. The summed E-state index contributed by atoms with van der Waals surface area (Å²) in [6, 6.07) is 13.8. The zero-order chi connectivity index (χ0) is 24.7. The van der Waals surface area contributed by atoms with E-state index >= 15 is 0 Å². The molecule has 10 heteroatoms. The molecule has 1 N–H and O–H groups in total. The highest BCUT2D eigenvalue weighted by Crippen LogP contribution is 2.34. The van der Waals surface area contributed by atoms with Crippen molar-refractivity contribution >= 4 is 57.4 Å². The van der Waals surface area contributed by atoms with Crippen molar-refractivity contribution in [3.8, 4) is 5.75 Å². The van der Waals surface area contributed by atoms with Crippen LogP contribution >= 0.6 is 34.5 Å². The van der Waals surface area contributed by atoms with E-state index in [9.17, 15) is 14.4 Å². The number of anilines is 1. The summed E-state index contributed by atoms with van der Waals surface area (Å²) in [4.78, 5) is 38.0. The van der Waals surface area contributed by atoms with Gasteiger partial charge in [0, 0.05) is 5.02 Å². The van der Waals surface area contributed by atoms with E-state index in [0.29, 0.717) is 10.6 Å². The normalized spacial score (nSPS) is 10.5. The largest absolute Gasteiger partial charge is 0.482 e. The Morgan fingerprint density at radius 1 is 1.00 bits per heavy atom. The van der Waals surface area contributed by atoms with Gasteiger partial charge in [0.25, 0.3) is 5.91 Å². The number of carbonyl (C=O) groups excluding carboxylic acids is 3. The Morgan fingerprint density at radius 2 is 1.74 bits per heavy atom. The number of hydrogen-bond donors (Lipinski definition) is 1. The Balaban J connectivity index is 1.75. The molecule has 0 aliphatic rings. The van der Waals surface area contributed by atoms with Crippen LogP contribution in [0.15, 0.2) is 48.5 Å². The van der Waals surface area contributed by atoms with Crippen LogP contribution in [0.5, 0.6) is 5.75 Å². The summed E-state index contributed by atoms with van der Waals surface area (Å²) in [5.41, 5.74) is 1.28. The highest BCUT2D eigenvalue weighted by molar-refractivity contribution is 7.18. The summed E-state index contributed by atoms with van der Waals surface area (Å²) in [5.74, 6) is -1.54. The molecule has 0 unspecified atom stereocenters. The molecule has 1 amide bonds. The third kappa shape index (κ3) is 6.50. The van der Waals surface area contributed by atoms with Gasteiger partial charge in [-0.25, -0.2) is 9.59 Å². The first-order valence-electron chi connectivity index (χ1n) is 10.2. The summed E-state index contributed by atoms with van der Waals surface area (Å²) in [5, 5.41) is 3.47. The molecule has 3 aromatic rings. The maximum Gasteiger partial charge on any atom is 0.349 e. The van der Waals surface area contributed by atoms with Gasteiger partial charge in [0.15, 0.2) is 6.61 Å². The minimum absolute atomic E-state index is 0.0726. The number of thiophene rings is 1. The average molecular weight is 522 g/mol. The molecule has 2 aromatic carbocycles. The van der Waals surface area contributed by atoms with Crippen molar-refractivity contribution in [2.75, 3.05) is 18.5 Å². The molecule has 0 aliphatic heterocycles. The van der Waals surface area contributed by atoms with Crippen LogP contribution in [-0.4, -0.2) is 31.1 Å². The van der Waals surface area contributed by atoms with Crippen LogP contribution in [0, 0.1) is 6.92 Å². The third-order valence-corrected chi connectivity index (χ3v) is 6.25. The molecule has 1 heterocycles. The van der Waals surface area contributed by atoms with Crippen LogP contribution < -0.4 is 10.1 Å². The second-order valence-corrected chi connectivity index (χ2v) is 8.82. The van der Waals surface area contributed by atoms with Crippen molar-refractivity contribution in [3.63, 3.8) is 0 Å². The number of esters is 2. The first-order chi connectivity index (χ1) is 16.3. The number of halogens is 2. The van der Waals surface area contributed by atoms with Gasteiger partial charge >= 0.3 is 11.9 Å². The number of benzene rings is 2. The zero-order valence-electron chi connectivity index (χ0n) is 18.4. The van der Waals surface area contributed by atoms with Gasteiger partial charge in [-0.15, -0.1) is 11.3 Å². The van der Waals surface area contributed by atoms with E-state index in [4.69, 9.17) is 37.4 Å². The fourth-order valence-electron chi connectivity index (χ4n) is 2.93. The maximum atomic E-state index is 12.7. The highest BCUT2D eigenvalue weighted by Gasteiger charge is 2.27. The number of nitrogens with one attached hydrogen (secondary N) is 1. The second kappa shape index (κ2) is 11.9. The Morgan fingerprint density at radius 3 is 2.41 bits per heavy atom. The molecule has 0 saturated heterocycles. The van der Waals surface area contributed by atoms with E-state index < -0.39 is 17.8 Å². The van der Waals surface area contributed by atoms with Gasteiger partial charge in [-0.1, -0.05) is 53.5 Å². The summed E-state index contributed by atoms with van der Waals surface area (Å²) in [6.45, 7) is 3.09. The molecule has 0 aliphatic carbocycles. The number of hydrogen-bond acceptors (Lipinski definition) is 7. The summed E-state index contributed by atoms with van der Waals surface area (Å²) >= 11 is 12.8. The van der Waals surface area contributed by atoms with E-state index in [2.05, 4.69) is 5.32 Å². The Hall–Kier alpha value is -3.07. The standard InChI is InChI=1S/C24H21Cl2NO6S/c1-3-31-23(29)20-14(2)21(24(30)33-12-15-7-5-4-6-8-15)34-22(20)27-19(28)13-32-18-10-9-16(25)11-17(18)26/h4-11H,3,12-13H2,1-2H3,(H,27,28). The lowest BCUT2D eigenvalue weighted by molar-refractivity contribution is -0.118. The van der Waals surface area contributed by atoms with E-state index in [-0.39, 0.29) is 46.0 Å². The molecule has 0 radical (unpaired) electrons. The zero-order valence-corrected chi connectivity index (χ0v) is 20.7. The van der Waals surface area contributed by atoms with E-state index in [1.165, 1.54) is 12.1 Å². The number of ether oxygens (including phenoxy) is 3. The number of rotatable bonds is 9. The summed E-state index contributed by atoms with van der Waals surface area (Å²) in [7, 11) is 0. The van der Waals surface area contributed by atoms with Crippen LogP contribution in [0.25, 0.3) is 0 Å². The molecule has 0 fully saturated rings. The van der Waals surface area contributed by atoms with Gasteiger partial charge in [0.2, 0.25) is 0 Å². The SMILES string of the molecule is CCOC(=O)c1c(NC(=O)COc2ccc(Cl)cc2Cl)sc(C(=O)OCc2ccccc2)c1C. The van der Waals surface area contributed by atoms with Crippen LogP contribution in [0.1, 0.15) is 38.1 Å². The minimum atomic E-state index is -0.657. The molecule has 0 bridgehead atoms. The van der Waals surface area contributed by atoms with Crippen LogP contribution in [0.3, 0.4) is 0 Å². The van der Waals surface area contributed by atoms with Gasteiger partial charge in [-0.2, -0.15) is 0 Å². The predicted octanol–water partition coefficient (Wildman–Crippen LogP) is 5.91. The smallest absolute Gasteiger partial charge is 0.349 e. The Labute approximate surface area is 210 Å². The van der Waals surface area contributed by atoms with Crippen molar-refractivity contribution in [1.29, 1.82) is 0 Å². The molecule has 0 atom stereocenters. The van der Waals surface area contributed by atoms with Crippen LogP contribution in [0.2, 0.25) is 10.0 Å². The Bertz CT molecular complexity index is 1200. The van der Waals surface area contributed by atoms with Gasteiger partial charge in [0.1, 0.15) is 22.2 Å². The second-order valence-electron chi connectivity index (χ2n) is 6.95. The topological polar surface area (TPSA) is 90.9 Å². The van der Waals surface area contributed by atoms with Crippen molar-refractivity contribution in [3.05, 3.63) is 80.1 Å². The summed E-state index contributed by atoms with van der Waals surface area (Å²) < 4.78 is 15.9. The molecular weight excluding hydrogens is 501 g/mol. The molecule has 0 saturated carbocycles. The van der Waals surface area contributed by atoms with Crippen LogP contribution in [0.4, 0.5) is 5.00 Å². The van der Waals surface area contributed by atoms with Crippen LogP contribution in [-0.2, 0) is 20.9 Å². The maximum absolute atomic E-state index is 12.7. The van der Waals surface area contributed by atoms with Gasteiger partial charge in [-0.3, -0.25) is 4.79 Å². The monoisotopic (exact) mass is 521 g/mol. The fraction of sp³-hybridized carbons (Fsp3) is 0.208. The minimum Gasteiger partial charge on any atom is -0.482 e. The molecule has 3 rings (SSSR count). The lowest BCUT2D eigenvalue weighted by Crippen LogP contribution is -2.21. The summed E-state index contributed by atoms with van der Waals surface area (Å²) in [6.07, 6.45) is 0. The molecule has 0 spiro atoms. The number of amides is 1. The highest BCUT2D eigenvalue weighted by atomic mass is 35.5. The van der Waals surface area contributed by atoms with E-state index in [0.717, 1.165) is 16.9 Å². The first-order valence-corrected chi connectivity index (χ1v) is 11.8. The fourth-order valence-corrected chi connectivity index (χ4v) is 4.50. The molecular formula is C24H21Cl2NO6S. The number of carbonyl (C=O) groups is 3.